The summed E-state index contributed by atoms with van der Waals surface area (Å²) < 4.78 is 19.9. The van der Waals surface area contributed by atoms with Crippen molar-refractivity contribution in [2.24, 2.45) is 4.99 Å². The van der Waals surface area contributed by atoms with Crippen LogP contribution in [0.1, 0.15) is 29.5 Å². The number of halogens is 2. The molecule has 1 amide bonds. The Morgan fingerprint density at radius 1 is 1.09 bits per heavy atom. The van der Waals surface area contributed by atoms with E-state index in [1.165, 1.54) is 6.07 Å². The van der Waals surface area contributed by atoms with Crippen LogP contribution in [0.2, 0.25) is 5.02 Å². The summed E-state index contributed by atoms with van der Waals surface area (Å²) in [4.78, 5) is 33.5. The zero-order valence-electron chi connectivity index (χ0n) is 16.9. The van der Waals surface area contributed by atoms with Crippen molar-refractivity contribution in [2.75, 3.05) is 5.32 Å². The molecule has 2 aromatic carbocycles. The largest absolute Gasteiger partial charge is 0.461 e. The molecule has 3 aromatic rings. The van der Waals surface area contributed by atoms with Gasteiger partial charge in [0.15, 0.2) is 0 Å². The summed E-state index contributed by atoms with van der Waals surface area (Å²) in [5, 5.41) is 3.24. The first-order chi connectivity index (χ1) is 15.5. The van der Waals surface area contributed by atoms with Crippen LogP contribution in [-0.2, 0) is 20.9 Å². The summed E-state index contributed by atoms with van der Waals surface area (Å²) in [6, 6.07) is 13.7. The summed E-state index contributed by atoms with van der Waals surface area (Å²) in [6.45, 7) is 0.117. The highest BCUT2D eigenvalue weighted by Gasteiger charge is 2.27. The van der Waals surface area contributed by atoms with Crippen molar-refractivity contribution in [3.05, 3.63) is 94.5 Å². The van der Waals surface area contributed by atoms with Crippen molar-refractivity contribution in [1.29, 1.82) is 0 Å². The lowest BCUT2D eigenvalue weighted by Gasteiger charge is -2.11. The quantitative estimate of drug-likeness (QED) is 0.557. The molecular formula is C24H19ClFN3O3. The van der Waals surface area contributed by atoms with E-state index >= 15 is 0 Å². The fourth-order valence-corrected chi connectivity index (χ4v) is 3.53. The number of rotatable bonds is 6. The van der Waals surface area contributed by atoms with Crippen LogP contribution in [0.3, 0.4) is 0 Å². The Hall–Kier alpha value is -3.58. The Morgan fingerprint density at radius 2 is 1.88 bits per heavy atom. The summed E-state index contributed by atoms with van der Waals surface area (Å²) in [6.07, 6.45) is 3.32. The fourth-order valence-electron chi connectivity index (χ4n) is 3.35. The van der Waals surface area contributed by atoms with Crippen LogP contribution in [0.4, 0.5) is 10.1 Å². The molecule has 0 spiro atoms. The van der Waals surface area contributed by atoms with E-state index in [2.05, 4.69) is 15.3 Å². The van der Waals surface area contributed by atoms with E-state index in [4.69, 9.17) is 16.3 Å². The van der Waals surface area contributed by atoms with Gasteiger partial charge < -0.3 is 10.1 Å². The highest BCUT2D eigenvalue weighted by atomic mass is 35.5. The van der Waals surface area contributed by atoms with Gasteiger partial charge in [-0.2, -0.15) is 0 Å². The summed E-state index contributed by atoms with van der Waals surface area (Å²) in [5.74, 6) is -1.31. The second-order valence-corrected chi connectivity index (χ2v) is 7.64. The first kappa shape index (κ1) is 21.6. The topological polar surface area (TPSA) is 80.7 Å². The number of carbonyl (C=O) groups is 2. The number of nitrogens with one attached hydrogen (secondary N) is 1. The van der Waals surface area contributed by atoms with Crippen molar-refractivity contribution < 1.29 is 18.7 Å². The third-order valence-electron chi connectivity index (χ3n) is 4.98. The number of pyridine rings is 1. The van der Waals surface area contributed by atoms with Gasteiger partial charge in [0.2, 0.25) is 5.91 Å². The van der Waals surface area contributed by atoms with Gasteiger partial charge in [0.1, 0.15) is 18.5 Å². The Labute approximate surface area is 189 Å². The number of nitrogens with zero attached hydrogens (tertiary/aromatic N) is 2. The minimum absolute atomic E-state index is 0.0195. The predicted molar refractivity (Wildman–Crippen MR) is 119 cm³/mol. The number of carbonyl (C=O) groups excluding carboxylic acids is 2. The van der Waals surface area contributed by atoms with Crippen LogP contribution in [0, 0.1) is 5.82 Å². The second kappa shape index (κ2) is 9.70. The molecule has 32 heavy (non-hydrogen) atoms. The third kappa shape index (κ3) is 5.00. The zero-order valence-corrected chi connectivity index (χ0v) is 17.7. The minimum atomic E-state index is -0.899. The van der Waals surface area contributed by atoms with Crippen LogP contribution < -0.4 is 5.32 Å². The molecule has 4 rings (SSSR count). The molecule has 162 valence electrons. The van der Waals surface area contributed by atoms with Crippen molar-refractivity contribution in [3.8, 4) is 0 Å². The number of benzodiazepines with no additional fused rings is 1. The lowest BCUT2D eigenvalue weighted by atomic mass is 10.00. The van der Waals surface area contributed by atoms with E-state index in [0.717, 1.165) is 5.56 Å². The van der Waals surface area contributed by atoms with E-state index < -0.39 is 17.8 Å². The highest BCUT2D eigenvalue weighted by molar-refractivity contribution is 6.32. The van der Waals surface area contributed by atoms with Crippen LogP contribution in [0.15, 0.2) is 72.0 Å². The molecule has 0 aliphatic carbocycles. The van der Waals surface area contributed by atoms with Crippen molar-refractivity contribution in [1.82, 2.24) is 4.98 Å². The molecule has 1 aliphatic heterocycles. The average molecular weight is 452 g/mol. The van der Waals surface area contributed by atoms with Crippen molar-refractivity contribution in [3.63, 3.8) is 0 Å². The molecule has 1 aliphatic rings. The number of aromatic nitrogens is 1. The molecule has 0 bridgehead atoms. The van der Waals surface area contributed by atoms with Crippen molar-refractivity contribution >= 4 is 34.9 Å². The standard InChI is InChI=1S/C24H19ClFN3O3/c25-16-5-6-20-18(13-16)23(17-3-1-2-4-19(17)26)28-21(24(31)29-20)7-8-22(30)32-14-15-9-11-27-12-10-15/h1-6,9-13,21H,7-8,14H2,(H,29,31)/t21-/m0/s1. The molecule has 0 fully saturated rings. The number of aliphatic imine (C=N–C) groups is 1. The molecule has 0 saturated carbocycles. The van der Waals surface area contributed by atoms with Gasteiger partial charge in [-0.15, -0.1) is 0 Å². The molecule has 0 radical (unpaired) electrons. The van der Waals surface area contributed by atoms with Gasteiger partial charge in [-0.05, 0) is 54.4 Å². The SMILES string of the molecule is O=C(CC[C@@H]1N=C(c2ccccc2F)c2cc(Cl)ccc2NC1=O)OCc1ccncc1. The number of ether oxygens (including phenoxy) is 1. The van der Waals surface area contributed by atoms with Gasteiger partial charge in [0.05, 0.1) is 11.4 Å². The van der Waals surface area contributed by atoms with Gasteiger partial charge in [-0.25, -0.2) is 4.39 Å². The molecule has 0 saturated heterocycles. The molecule has 0 unspecified atom stereocenters. The second-order valence-electron chi connectivity index (χ2n) is 7.21. The summed E-state index contributed by atoms with van der Waals surface area (Å²) >= 11 is 6.16. The number of hydrogen-bond donors (Lipinski definition) is 1. The lowest BCUT2D eigenvalue weighted by Crippen LogP contribution is -2.26. The van der Waals surface area contributed by atoms with E-state index in [-0.39, 0.29) is 30.9 Å². The van der Waals surface area contributed by atoms with Gasteiger partial charge >= 0.3 is 5.97 Å². The van der Waals surface area contributed by atoms with Crippen LogP contribution in [-0.4, -0.2) is 28.6 Å². The maximum atomic E-state index is 14.6. The smallest absolute Gasteiger partial charge is 0.306 e. The molecule has 2 heterocycles. The Kier molecular flexibility index (Phi) is 6.56. The number of fused-ring (bicyclic) bond motifs is 1. The number of anilines is 1. The van der Waals surface area contributed by atoms with Crippen LogP contribution in [0.25, 0.3) is 0 Å². The normalized spacial score (nSPS) is 15.2. The molecule has 8 heteroatoms. The Balaban J connectivity index is 1.56. The van der Waals surface area contributed by atoms with Crippen LogP contribution >= 0.6 is 11.6 Å². The molecule has 1 N–H and O–H groups in total. The van der Waals surface area contributed by atoms with E-state index in [1.807, 2.05) is 0 Å². The summed E-state index contributed by atoms with van der Waals surface area (Å²) in [7, 11) is 0. The van der Waals surface area contributed by atoms with E-state index in [9.17, 15) is 14.0 Å². The maximum Gasteiger partial charge on any atom is 0.306 e. The van der Waals surface area contributed by atoms with Crippen molar-refractivity contribution in [2.45, 2.75) is 25.5 Å². The van der Waals surface area contributed by atoms with E-state index in [0.29, 0.717) is 22.0 Å². The fraction of sp³-hybridized carbons (Fsp3) is 0.167. The zero-order chi connectivity index (χ0) is 22.5. The van der Waals surface area contributed by atoms with Gasteiger partial charge in [0.25, 0.3) is 0 Å². The number of benzene rings is 2. The molecule has 6 nitrogen and oxygen atoms in total. The van der Waals surface area contributed by atoms with Gasteiger partial charge in [-0.3, -0.25) is 19.6 Å². The summed E-state index contributed by atoms with van der Waals surface area (Å²) in [5.41, 5.74) is 2.35. The first-order valence-electron chi connectivity index (χ1n) is 9.99. The Morgan fingerprint density at radius 3 is 2.66 bits per heavy atom. The highest BCUT2D eigenvalue weighted by Crippen LogP contribution is 2.29. The predicted octanol–water partition coefficient (Wildman–Crippen LogP) is 4.56. The number of amides is 1. The van der Waals surface area contributed by atoms with Crippen LogP contribution in [0.5, 0.6) is 0 Å². The average Bonchev–Trinajstić information content (AvgIpc) is 2.93. The number of esters is 1. The molecular weight excluding hydrogens is 433 g/mol. The van der Waals surface area contributed by atoms with Gasteiger partial charge in [-0.1, -0.05) is 23.7 Å². The molecule has 1 atom stereocenters. The Bertz CT molecular complexity index is 1180. The lowest BCUT2D eigenvalue weighted by molar-refractivity contribution is -0.145. The minimum Gasteiger partial charge on any atom is -0.461 e. The maximum absolute atomic E-state index is 14.6. The monoisotopic (exact) mass is 451 g/mol. The molecule has 1 aromatic heterocycles. The van der Waals surface area contributed by atoms with E-state index in [1.54, 1.807) is 60.9 Å². The third-order valence-corrected chi connectivity index (χ3v) is 5.22. The van der Waals surface area contributed by atoms with Gasteiger partial charge in [0, 0.05) is 35.0 Å². The first-order valence-corrected chi connectivity index (χ1v) is 10.4. The number of hydrogen-bond acceptors (Lipinski definition) is 5.